The summed E-state index contributed by atoms with van der Waals surface area (Å²) in [7, 11) is 0. The maximum absolute atomic E-state index is 2.36. The largest absolute Gasteiger partial charge is 0.0683 e. The molecule has 1 aliphatic rings. The van der Waals surface area contributed by atoms with E-state index in [1.54, 1.807) is 0 Å². The van der Waals surface area contributed by atoms with Gasteiger partial charge in [-0.2, -0.15) is 0 Å². The summed E-state index contributed by atoms with van der Waals surface area (Å²) in [6.07, 6.45) is 8.69. The van der Waals surface area contributed by atoms with Crippen LogP contribution >= 0.6 is 0 Å². The number of rotatable bonds is 0. The average Bonchev–Trinajstić information content (AvgIpc) is 3.26. The highest BCUT2D eigenvalue weighted by Crippen LogP contribution is 2.28. The Labute approximate surface area is 373 Å². The monoisotopic (exact) mass is 813 g/mol. The molecule has 0 heterocycles. The average molecular weight is 813 g/mol. The second-order valence-electron chi connectivity index (χ2n) is 17.7. The van der Waals surface area contributed by atoms with E-state index in [1.165, 1.54) is 104 Å². The van der Waals surface area contributed by atoms with Crippen LogP contribution in [0.3, 0.4) is 0 Å². The third kappa shape index (κ3) is 20.8. The summed E-state index contributed by atoms with van der Waals surface area (Å²) >= 11 is 0. The zero-order chi connectivity index (χ0) is 45.0. The lowest BCUT2D eigenvalue weighted by molar-refractivity contribution is 0.385. The molecule has 8 aromatic rings. The molecule has 324 valence electrons. The summed E-state index contributed by atoms with van der Waals surface area (Å²) in [4.78, 5) is 0. The van der Waals surface area contributed by atoms with Gasteiger partial charge in [-0.25, -0.2) is 0 Å². The minimum Gasteiger partial charge on any atom is -0.0683 e. The zero-order valence-electron chi connectivity index (χ0n) is 40.5. The Morgan fingerprint density at radius 1 is 0.393 bits per heavy atom. The van der Waals surface area contributed by atoms with E-state index in [-0.39, 0.29) is 0 Å². The Kier molecular flexibility index (Phi) is 24.8. The van der Waals surface area contributed by atoms with E-state index in [0.717, 1.165) is 5.92 Å². The van der Waals surface area contributed by atoms with Gasteiger partial charge in [-0.05, 0) is 93.2 Å². The van der Waals surface area contributed by atoms with Crippen LogP contribution < -0.4 is 0 Å². The molecule has 0 amide bonds. The summed E-state index contributed by atoms with van der Waals surface area (Å²) in [5.41, 5.74) is 5.85. The van der Waals surface area contributed by atoms with E-state index >= 15 is 0 Å². The summed E-state index contributed by atoms with van der Waals surface area (Å²) in [5, 5.41) is 10.7. The van der Waals surface area contributed by atoms with Crippen LogP contribution in [-0.4, -0.2) is 0 Å². The van der Waals surface area contributed by atoms with Gasteiger partial charge < -0.3 is 0 Å². The van der Waals surface area contributed by atoms with Gasteiger partial charge in [0.1, 0.15) is 0 Å². The van der Waals surface area contributed by atoms with Crippen molar-refractivity contribution in [1.29, 1.82) is 0 Å². The highest BCUT2D eigenvalue weighted by atomic mass is 14.1. The maximum atomic E-state index is 2.36. The predicted octanol–water partition coefficient (Wildman–Crippen LogP) is 19.7. The van der Waals surface area contributed by atoms with Gasteiger partial charge in [0.25, 0.3) is 0 Å². The van der Waals surface area contributed by atoms with Crippen LogP contribution in [0, 0.1) is 39.0 Å². The maximum Gasteiger partial charge on any atom is -0.0103 e. The molecule has 0 aliphatic heterocycles. The Balaban J connectivity index is 0.000000255. The number of hydrogen-bond donors (Lipinski definition) is 0. The van der Waals surface area contributed by atoms with Crippen molar-refractivity contribution in [3.8, 4) is 0 Å². The molecule has 1 aliphatic carbocycles. The van der Waals surface area contributed by atoms with Crippen molar-refractivity contribution in [2.24, 2.45) is 11.3 Å². The molecule has 0 spiro atoms. The van der Waals surface area contributed by atoms with Crippen LogP contribution in [0.4, 0.5) is 0 Å². The van der Waals surface area contributed by atoms with Crippen molar-refractivity contribution in [3.05, 3.63) is 192 Å². The lowest BCUT2D eigenvalue weighted by Gasteiger charge is -2.15. The molecular formula is C61H80. The highest BCUT2D eigenvalue weighted by molar-refractivity contribution is 6.08. The van der Waals surface area contributed by atoms with Crippen molar-refractivity contribution in [2.75, 3.05) is 0 Å². The predicted molar refractivity (Wildman–Crippen MR) is 279 cm³/mol. The number of hydrogen-bond acceptors (Lipinski definition) is 0. The Hall–Kier alpha value is -5.20. The van der Waals surface area contributed by atoms with Crippen LogP contribution in [0.15, 0.2) is 170 Å². The number of fused-ring (bicyclic) bond motifs is 5. The van der Waals surface area contributed by atoms with Gasteiger partial charge in [0, 0.05) is 0 Å². The second-order valence-corrected chi connectivity index (χ2v) is 17.7. The zero-order valence-corrected chi connectivity index (χ0v) is 40.5. The molecule has 0 aromatic heterocycles. The van der Waals surface area contributed by atoms with Crippen molar-refractivity contribution in [3.63, 3.8) is 0 Å². The van der Waals surface area contributed by atoms with Crippen molar-refractivity contribution in [2.45, 2.75) is 129 Å². The Morgan fingerprint density at radius 3 is 1.34 bits per heavy atom. The van der Waals surface area contributed by atoms with Crippen molar-refractivity contribution in [1.82, 2.24) is 0 Å². The first-order valence-corrected chi connectivity index (χ1v) is 23.1. The summed E-state index contributed by atoms with van der Waals surface area (Å²) in [6.45, 7) is 27.9. The molecular weight excluding hydrogens is 733 g/mol. The van der Waals surface area contributed by atoms with Crippen LogP contribution in [0.25, 0.3) is 43.1 Å². The van der Waals surface area contributed by atoms with E-state index in [2.05, 4.69) is 228 Å². The Morgan fingerprint density at radius 2 is 0.836 bits per heavy atom. The van der Waals surface area contributed by atoms with Gasteiger partial charge in [-0.1, -0.05) is 282 Å². The van der Waals surface area contributed by atoms with Crippen LogP contribution in [0.1, 0.15) is 123 Å². The standard InChI is InChI=1S/C15H12.2C11H10.C7H14.C7H8.C5H12.C3H8.C2H6/c1-11-10-12-6-2-3-8-14(12)15-9-5-4-7-13(11)15;1-9-5-4-7-10-6-2-3-8-11(9)10;1-9-6-7-10-4-2-3-5-11(10)8-9;2*1-7-5-3-2-4-6-7;1-5(2,3)4;1-3-2;1-2/h2-10H,1H3;2*2-8H,1H3;7H,2-6H2,1H3;2-6H,1H3;1-4H3;3H2,1-2H3;1-2H3. The number of aryl methyl sites for hydroxylation is 4. The first-order valence-electron chi connectivity index (χ1n) is 23.1. The molecule has 0 N–H and O–H groups in total. The molecule has 8 aromatic carbocycles. The van der Waals surface area contributed by atoms with Gasteiger partial charge in [-0.3, -0.25) is 0 Å². The molecule has 0 radical (unpaired) electrons. The third-order valence-electron chi connectivity index (χ3n) is 9.72. The SMILES string of the molecule is CC.CC(C)(C)C.CC1CCCCC1.CCC.Cc1cc2ccccc2c2ccccc12.Cc1ccc2ccccc2c1.Cc1cccc2ccccc12.Cc1ccccc1. The number of benzene rings is 8. The fraction of sp³-hybridized carbons (Fsp3) is 0.344. The minimum absolute atomic E-state index is 0.500. The lowest BCUT2D eigenvalue weighted by Crippen LogP contribution is -1.99. The molecule has 9 rings (SSSR count). The normalized spacial score (nSPS) is 11.7. The molecule has 0 saturated heterocycles. The third-order valence-corrected chi connectivity index (χ3v) is 9.72. The molecule has 0 bridgehead atoms. The smallest absolute Gasteiger partial charge is 0.0103 e. The van der Waals surface area contributed by atoms with Gasteiger partial charge in [0.2, 0.25) is 0 Å². The minimum atomic E-state index is 0.500. The van der Waals surface area contributed by atoms with E-state index in [4.69, 9.17) is 0 Å². The molecule has 0 atom stereocenters. The topological polar surface area (TPSA) is 0 Å². The quantitative estimate of drug-likeness (QED) is 0.134. The molecule has 0 heteroatoms. The van der Waals surface area contributed by atoms with Gasteiger partial charge in [0.05, 0.1) is 0 Å². The molecule has 0 unspecified atom stereocenters. The summed E-state index contributed by atoms with van der Waals surface area (Å²) in [6, 6.07) is 59.4. The molecule has 1 saturated carbocycles. The molecule has 0 nitrogen and oxygen atoms in total. The van der Waals surface area contributed by atoms with E-state index in [0.29, 0.717) is 5.41 Å². The highest BCUT2D eigenvalue weighted by Gasteiger charge is 2.06. The van der Waals surface area contributed by atoms with Gasteiger partial charge >= 0.3 is 0 Å². The first kappa shape index (κ1) is 51.9. The fourth-order valence-corrected chi connectivity index (χ4v) is 6.78. The summed E-state index contributed by atoms with van der Waals surface area (Å²) < 4.78 is 0. The van der Waals surface area contributed by atoms with E-state index in [1.807, 2.05) is 32.0 Å². The second kappa shape index (κ2) is 29.1. The fourth-order valence-electron chi connectivity index (χ4n) is 6.78. The molecule has 1 fully saturated rings. The van der Waals surface area contributed by atoms with Gasteiger partial charge in [0.15, 0.2) is 0 Å². The lowest BCUT2D eigenvalue weighted by atomic mass is 9.91. The van der Waals surface area contributed by atoms with Crippen LogP contribution in [0.5, 0.6) is 0 Å². The van der Waals surface area contributed by atoms with Crippen LogP contribution in [-0.2, 0) is 0 Å². The van der Waals surface area contributed by atoms with Crippen LogP contribution in [0.2, 0.25) is 0 Å². The van der Waals surface area contributed by atoms with E-state index < -0.39 is 0 Å². The van der Waals surface area contributed by atoms with Crippen molar-refractivity contribution >= 4 is 43.1 Å². The summed E-state index contributed by atoms with van der Waals surface area (Å²) in [5.74, 6) is 1.04. The van der Waals surface area contributed by atoms with Gasteiger partial charge in [-0.15, -0.1) is 0 Å². The first-order chi connectivity index (χ1) is 29.3. The van der Waals surface area contributed by atoms with E-state index in [9.17, 15) is 0 Å². The Bertz CT molecular complexity index is 2330. The van der Waals surface area contributed by atoms with Crippen molar-refractivity contribution < 1.29 is 0 Å². The molecule has 61 heavy (non-hydrogen) atoms.